The Morgan fingerprint density at radius 1 is 1.55 bits per heavy atom. The summed E-state index contributed by atoms with van der Waals surface area (Å²) >= 11 is 1.47. The molecule has 0 aromatic carbocycles. The number of nitrogens with one attached hydrogen (secondary N) is 2. The number of rotatable bonds is 4. The van der Waals surface area contributed by atoms with E-state index in [1.807, 2.05) is 31.6 Å². The van der Waals surface area contributed by atoms with Crippen molar-refractivity contribution >= 4 is 23.2 Å². The first-order chi connectivity index (χ1) is 9.61. The van der Waals surface area contributed by atoms with Crippen LogP contribution in [0.4, 0.5) is 10.6 Å². The molecule has 0 spiro atoms. The van der Waals surface area contributed by atoms with E-state index in [1.54, 1.807) is 4.68 Å². The molecule has 0 radical (unpaired) electrons. The van der Waals surface area contributed by atoms with Crippen LogP contribution in [-0.4, -0.2) is 26.8 Å². The van der Waals surface area contributed by atoms with Gasteiger partial charge in [-0.25, -0.2) is 9.78 Å². The lowest BCUT2D eigenvalue weighted by molar-refractivity contribution is 0.248. The predicted octanol–water partition coefficient (Wildman–Crippen LogP) is 2.46. The van der Waals surface area contributed by atoms with Crippen LogP contribution in [0.2, 0.25) is 0 Å². The van der Waals surface area contributed by atoms with Crippen LogP contribution in [0.15, 0.2) is 17.6 Å². The standard InChI is InChI=1S/C13H17N5OS/c1-8(9-3-4-9)14-13(19)16-11-7-20-12(15-11)10-5-6-18(2)17-10/h5-9H,3-4H2,1-2H3,(H2,14,16,19)/t8-/m0/s1. The van der Waals surface area contributed by atoms with Gasteiger partial charge in [0.05, 0.1) is 0 Å². The molecule has 1 atom stereocenters. The highest BCUT2D eigenvalue weighted by Crippen LogP contribution is 2.32. The molecule has 6 nitrogen and oxygen atoms in total. The average molecular weight is 291 g/mol. The van der Waals surface area contributed by atoms with Crippen LogP contribution in [0.25, 0.3) is 10.7 Å². The third-order valence-electron chi connectivity index (χ3n) is 3.37. The summed E-state index contributed by atoms with van der Waals surface area (Å²) in [7, 11) is 1.86. The van der Waals surface area contributed by atoms with Gasteiger partial charge in [0.15, 0.2) is 0 Å². The van der Waals surface area contributed by atoms with Gasteiger partial charge in [-0.2, -0.15) is 5.10 Å². The number of hydrogen-bond acceptors (Lipinski definition) is 4. The summed E-state index contributed by atoms with van der Waals surface area (Å²) < 4.78 is 1.73. The highest BCUT2D eigenvalue weighted by molar-refractivity contribution is 7.13. The van der Waals surface area contributed by atoms with Crippen LogP contribution in [0.1, 0.15) is 19.8 Å². The first-order valence-corrected chi connectivity index (χ1v) is 7.53. The van der Waals surface area contributed by atoms with Crippen molar-refractivity contribution in [2.75, 3.05) is 5.32 Å². The Bertz CT molecular complexity index is 616. The lowest BCUT2D eigenvalue weighted by Crippen LogP contribution is -2.37. The number of nitrogens with zero attached hydrogens (tertiary/aromatic N) is 3. The topological polar surface area (TPSA) is 71.8 Å². The van der Waals surface area contributed by atoms with E-state index in [-0.39, 0.29) is 12.1 Å². The Kier molecular flexibility index (Phi) is 3.43. The summed E-state index contributed by atoms with van der Waals surface area (Å²) in [6.45, 7) is 2.04. The number of thiazole rings is 1. The van der Waals surface area contributed by atoms with Gasteiger partial charge in [-0.15, -0.1) is 11.3 Å². The molecular weight excluding hydrogens is 274 g/mol. The first kappa shape index (κ1) is 13.1. The largest absolute Gasteiger partial charge is 0.335 e. The van der Waals surface area contributed by atoms with E-state index in [9.17, 15) is 4.79 Å². The molecule has 2 aromatic heterocycles. The second-order valence-electron chi connectivity index (χ2n) is 5.14. The number of anilines is 1. The normalized spacial score (nSPS) is 15.9. The number of aromatic nitrogens is 3. The van der Waals surface area contributed by atoms with Crippen LogP contribution >= 0.6 is 11.3 Å². The van der Waals surface area contributed by atoms with Gasteiger partial charge in [0.2, 0.25) is 0 Å². The molecule has 0 aliphatic heterocycles. The summed E-state index contributed by atoms with van der Waals surface area (Å²) in [6.07, 6.45) is 4.29. The highest BCUT2D eigenvalue weighted by Gasteiger charge is 2.28. The van der Waals surface area contributed by atoms with Gasteiger partial charge in [-0.3, -0.25) is 10.00 Å². The van der Waals surface area contributed by atoms with Crippen molar-refractivity contribution in [2.24, 2.45) is 13.0 Å². The van der Waals surface area contributed by atoms with Crippen molar-refractivity contribution < 1.29 is 4.79 Å². The van der Waals surface area contributed by atoms with E-state index in [0.717, 1.165) is 10.7 Å². The molecule has 0 unspecified atom stereocenters. The Labute approximate surface area is 121 Å². The van der Waals surface area contributed by atoms with Crippen molar-refractivity contribution in [3.8, 4) is 10.7 Å². The lowest BCUT2D eigenvalue weighted by Gasteiger charge is -2.12. The fraction of sp³-hybridized carbons (Fsp3) is 0.462. The lowest BCUT2D eigenvalue weighted by atomic mass is 10.2. The van der Waals surface area contributed by atoms with E-state index in [1.165, 1.54) is 24.2 Å². The van der Waals surface area contributed by atoms with Crippen LogP contribution in [0.3, 0.4) is 0 Å². The van der Waals surface area contributed by atoms with E-state index < -0.39 is 0 Å². The van der Waals surface area contributed by atoms with Crippen molar-refractivity contribution in [1.82, 2.24) is 20.1 Å². The predicted molar refractivity (Wildman–Crippen MR) is 78.7 cm³/mol. The number of carbonyl (C=O) groups is 1. The Morgan fingerprint density at radius 2 is 2.35 bits per heavy atom. The van der Waals surface area contributed by atoms with Crippen LogP contribution < -0.4 is 10.6 Å². The molecule has 2 aromatic rings. The molecule has 20 heavy (non-hydrogen) atoms. The van der Waals surface area contributed by atoms with Crippen LogP contribution in [-0.2, 0) is 7.05 Å². The van der Waals surface area contributed by atoms with Crippen LogP contribution in [0, 0.1) is 5.92 Å². The number of urea groups is 1. The zero-order valence-corrected chi connectivity index (χ0v) is 12.3. The minimum absolute atomic E-state index is 0.192. The van der Waals surface area contributed by atoms with Gasteiger partial charge in [0, 0.05) is 24.7 Å². The summed E-state index contributed by atoms with van der Waals surface area (Å²) in [5.41, 5.74) is 0.817. The van der Waals surface area contributed by atoms with Gasteiger partial charge in [0.1, 0.15) is 16.5 Å². The Balaban J connectivity index is 1.60. The zero-order chi connectivity index (χ0) is 14.1. The summed E-state index contributed by atoms with van der Waals surface area (Å²) in [6, 6.07) is 1.93. The molecule has 1 aliphatic rings. The van der Waals surface area contributed by atoms with E-state index >= 15 is 0 Å². The molecule has 0 saturated heterocycles. The second kappa shape index (κ2) is 5.24. The van der Waals surface area contributed by atoms with Gasteiger partial charge in [0.25, 0.3) is 0 Å². The van der Waals surface area contributed by atoms with Gasteiger partial charge in [-0.1, -0.05) is 0 Å². The molecular formula is C13H17N5OS. The molecule has 1 aliphatic carbocycles. The summed E-state index contributed by atoms with van der Waals surface area (Å²) in [5, 5.41) is 12.6. The van der Waals surface area contributed by atoms with Crippen molar-refractivity contribution in [1.29, 1.82) is 0 Å². The van der Waals surface area contributed by atoms with E-state index in [4.69, 9.17) is 0 Å². The van der Waals surface area contributed by atoms with Crippen LogP contribution in [0.5, 0.6) is 0 Å². The van der Waals surface area contributed by atoms with E-state index in [0.29, 0.717) is 11.7 Å². The molecule has 106 valence electrons. The monoisotopic (exact) mass is 291 g/mol. The van der Waals surface area contributed by atoms with Gasteiger partial charge < -0.3 is 5.32 Å². The maximum absolute atomic E-state index is 11.8. The first-order valence-electron chi connectivity index (χ1n) is 6.65. The molecule has 1 fully saturated rings. The molecule has 2 amide bonds. The fourth-order valence-corrected chi connectivity index (χ4v) is 2.77. The van der Waals surface area contributed by atoms with Crippen molar-refractivity contribution in [3.63, 3.8) is 0 Å². The summed E-state index contributed by atoms with van der Waals surface area (Å²) in [4.78, 5) is 16.2. The number of aryl methyl sites for hydroxylation is 1. The Morgan fingerprint density at radius 3 is 3.00 bits per heavy atom. The number of hydrogen-bond donors (Lipinski definition) is 2. The fourth-order valence-electron chi connectivity index (χ4n) is 2.05. The Hall–Kier alpha value is -1.89. The smallest absolute Gasteiger partial charge is 0.320 e. The van der Waals surface area contributed by atoms with Gasteiger partial charge >= 0.3 is 6.03 Å². The quantitative estimate of drug-likeness (QED) is 0.909. The molecule has 2 N–H and O–H groups in total. The van der Waals surface area contributed by atoms with Crippen molar-refractivity contribution in [2.45, 2.75) is 25.8 Å². The molecule has 7 heteroatoms. The van der Waals surface area contributed by atoms with E-state index in [2.05, 4.69) is 20.7 Å². The van der Waals surface area contributed by atoms with Gasteiger partial charge in [-0.05, 0) is 31.7 Å². The third-order valence-corrected chi connectivity index (χ3v) is 4.23. The SMILES string of the molecule is C[C@H](NC(=O)Nc1csc(-c2ccn(C)n2)n1)C1CC1. The van der Waals surface area contributed by atoms with Crippen molar-refractivity contribution in [3.05, 3.63) is 17.6 Å². The average Bonchev–Trinajstić information content (AvgIpc) is 3.02. The number of carbonyl (C=O) groups excluding carboxylic acids is 1. The minimum atomic E-state index is -0.192. The molecule has 0 bridgehead atoms. The maximum Gasteiger partial charge on any atom is 0.320 e. The summed E-state index contributed by atoms with van der Waals surface area (Å²) in [5.74, 6) is 1.21. The zero-order valence-electron chi connectivity index (χ0n) is 11.5. The third kappa shape index (κ3) is 2.98. The number of amides is 2. The molecule has 3 rings (SSSR count). The maximum atomic E-state index is 11.8. The molecule has 2 heterocycles. The molecule has 1 saturated carbocycles. The minimum Gasteiger partial charge on any atom is -0.335 e. The second-order valence-corrected chi connectivity index (χ2v) is 6.00. The highest BCUT2D eigenvalue weighted by atomic mass is 32.1.